The van der Waals surface area contributed by atoms with Gasteiger partial charge in [0.15, 0.2) is 11.5 Å². The van der Waals surface area contributed by atoms with Crippen LogP contribution >= 0.6 is 0 Å². The Morgan fingerprint density at radius 1 is 1.50 bits per heavy atom. The molecule has 0 atom stereocenters. The average Bonchev–Trinajstić information content (AvgIpc) is 2.69. The van der Waals surface area contributed by atoms with E-state index < -0.39 is 6.09 Å². The number of carbonyl (C=O) groups excluding carboxylic acids is 1. The van der Waals surface area contributed by atoms with E-state index in [0.717, 1.165) is 0 Å². The summed E-state index contributed by atoms with van der Waals surface area (Å²) in [6.45, 7) is 1.42. The van der Waals surface area contributed by atoms with Crippen molar-refractivity contribution in [1.29, 1.82) is 0 Å². The summed E-state index contributed by atoms with van der Waals surface area (Å²) < 4.78 is 6.51. The summed E-state index contributed by atoms with van der Waals surface area (Å²) in [6.07, 6.45) is 1.73. The van der Waals surface area contributed by atoms with Crippen molar-refractivity contribution in [3.63, 3.8) is 0 Å². The van der Waals surface area contributed by atoms with Crippen molar-refractivity contribution < 1.29 is 19.4 Å². The van der Waals surface area contributed by atoms with E-state index in [1.807, 2.05) is 0 Å². The van der Waals surface area contributed by atoms with E-state index >= 15 is 0 Å². The molecule has 0 saturated heterocycles. The molecule has 2 N–H and O–H groups in total. The maximum Gasteiger partial charge on any atom is 0.409 e. The van der Waals surface area contributed by atoms with Crippen LogP contribution in [-0.4, -0.2) is 33.7 Å². The molecule has 18 heavy (non-hydrogen) atoms. The van der Waals surface area contributed by atoms with Crippen molar-refractivity contribution in [1.82, 2.24) is 9.61 Å². The van der Waals surface area contributed by atoms with Gasteiger partial charge in [-0.05, 0) is 13.0 Å². The number of rotatable bonds is 3. The number of pyridine rings is 1. The van der Waals surface area contributed by atoms with E-state index in [1.165, 1.54) is 37.0 Å². The van der Waals surface area contributed by atoms with Crippen molar-refractivity contribution in [2.45, 2.75) is 6.92 Å². The smallest absolute Gasteiger partial charge is 0.409 e. The van der Waals surface area contributed by atoms with Gasteiger partial charge in [-0.15, -0.1) is 0 Å². The predicted octanol–water partition coefficient (Wildman–Crippen LogP) is 1.64. The summed E-state index contributed by atoms with van der Waals surface area (Å²) in [4.78, 5) is 22.1. The maximum absolute atomic E-state index is 11.4. The number of ether oxygens (including phenoxy) is 1. The number of nitrogens with zero attached hydrogens (tertiary/aromatic N) is 2. The Kier molecular flexibility index (Phi) is 2.88. The van der Waals surface area contributed by atoms with Gasteiger partial charge in [0.25, 0.3) is 0 Å². The molecule has 0 bridgehead atoms. The number of hydrogen-bond donors (Lipinski definition) is 2. The molecule has 7 nitrogen and oxygen atoms in total. The molecule has 2 heterocycles. The molecule has 0 aliphatic carbocycles. The lowest BCUT2D eigenvalue weighted by Crippen LogP contribution is -2.09. The van der Waals surface area contributed by atoms with Crippen LogP contribution in [0.15, 0.2) is 18.5 Å². The van der Waals surface area contributed by atoms with E-state index in [1.54, 1.807) is 0 Å². The maximum atomic E-state index is 11.4. The van der Waals surface area contributed by atoms with Crippen molar-refractivity contribution >= 4 is 23.1 Å². The third-order valence-corrected chi connectivity index (χ3v) is 2.46. The molecule has 0 saturated carbocycles. The zero-order valence-electron chi connectivity index (χ0n) is 9.80. The molecule has 0 unspecified atom stereocenters. The Balaban J connectivity index is 2.64. The Morgan fingerprint density at radius 3 is 2.78 bits per heavy atom. The summed E-state index contributed by atoms with van der Waals surface area (Å²) in [5, 5.41) is 15.0. The molecule has 1 amide bonds. The van der Waals surface area contributed by atoms with Crippen LogP contribution in [0.1, 0.15) is 17.3 Å². The second-order valence-corrected chi connectivity index (χ2v) is 3.63. The number of aromatic nitrogens is 2. The minimum absolute atomic E-state index is 0.142. The van der Waals surface area contributed by atoms with Crippen LogP contribution in [0.4, 0.5) is 10.5 Å². The molecule has 94 valence electrons. The SMILES string of the molecule is COc1cn2ncc(C(C)=O)c2cc1NC(=O)O. The van der Waals surface area contributed by atoms with Gasteiger partial charge < -0.3 is 9.84 Å². The molecule has 2 aromatic rings. The van der Waals surface area contributed by atoms with Crippen molar-refractivity contribution in [3.05, 3.63) is 24.0 Å². The number of carboxylic acid groups (broad SMARTS) is 1. The van der Waals surface area contributed by atoms with Gasteiger partial charge in [0, 0.05) is 0 Å². The van der Waals surface area contributed by atoms with E-state index in [-0.39, 0.29) is 11.5 Å². The van der Waals surface area contributed by atoms with Crippen molar-refractivity contribution in [3.8, 4) is 5.75 Å². The minimum atomic E-state index is -1.21. The van der Waals surface area contributed by atoms with Gasteiger partial charge in [-0.1, -0.05) is 0 Å². The third kappa shape index (κ3) is 1.97. The lowest BCUT2D eigenvalue weighted by atomic mass is 10.2. The molecular weight excluding hydrogens is 238 g/mol. The first-order valence-corrected chi connectivity index (χ1v) is 5.09. The van der Waals surface area contributed by atoms with Gasteiger partial charge in [-0.25, -0.2) is 9.31 Å². The van der Waals surface area contributed by atoms with Crippen LogP contribution in [0.25, 0.3) is 5.52 Å². The summed E-state index contributed by atoms with van der Waals surface area (Å²) in [6, 6.07) is 1.51. The fourth-order valence-electron chi connectivity index (χ4n) is 1.65. The molecule has 0 radical (unpaired) electrons. The second-order valence-electron chi connectivity index (χ2n) is 3.63. The van der Waals surface area contributed by atoms with Crippen LogP contribution in [-0.2, 0) is 0 Å². The topological polar surface area (TPSA) is 92.9 Å². The second kappa shape index (κ2) is 4.36. The van der Waals surface area contributed by atoms with E-state index in [2.05, 4.69) is 10.4 Å². The van der Waals surface area contributed by atoms with Gasteiger partial charge >= 0.3 is 6.09 Å². The molecule has 0 aliphatic heterocycles. The van der Waals surface area contributed by atoms with E-state index in [9.17, 15) is 9.59 Å². The van der Waals surface area contributed by atoms with Gasteiger partial charge in [0.05, 0.1) is 36.3 Å². The highest BCUT2D eigenvalue weighted by Crippen LogP contribution is 2.27. The first kappa shape index (κ1) is 11.9. The largest absolute Gasteiger partial charge is 0.493 e. The molecule has 2 rings (SSSR count). The number of anilines is 1. The van der Waals surface area contributed by atoms with E-state index in [4.69, 9.17) is 9.84 Å². The first-order valence-electron chi connectivity index (χ1n) is 5.09. The molecule has 0 aromatic carbocycles. The Morgan fingerprint density at radius 2 is 2.22 bits per heavy atom. The van der Waals surface area contributed by atoms with Crippen LogP contribution in [0, 0.1) is 0 Å². The predicted molar refractivity (Wildman–Crippen MR) is 63.4 cm³/mol. The average molecular weight is 249 g/mol. The highest BCUT2D eigenvalue weighted by atomic mass is 16.5. The fraction of sp³-hybridized carbons (Fsp3) is 0.182. The standard InChI is InChI=1S/C11H11N3O4/c1-6(15)7-4-12-14-5-10(18-2)8(3-9(7)14)13-11(16)17/h3-5,13H,1-2H3,(H,16,17). The molecular formula is C11H11N3O4. The molecule has 2 aromatic heterocycles. The van der Waals surface area contributed by atoms with Crippen molar-refractivity contribution in [2.75, 3.05) is 12.4 Å². The third-order valence-electron chi connectivity index (χ3n) is 2.46. The van der Waals surface area contributed by atoms with Crippen LogP contribution in [0.3, 0.4) is 0 Å². The summed E-state index contributed by atoms with van der Waals surface area (Å²) in [7, 11) is 1.42. The minimum Gasteiger partial charge on any atom is -0.493 e. The van der Waals surface area contributed by atoms with Gasteiger partial charge in [-0.2, -0.15) is 5.10 Å². The Bertz CT molecular complexity index is 632. The van der Waals surface area contributed by atoms with Gasteiger partial charge in [0.2, 0.25) is 0 Å². The molecule has 0 fully saturated rings. The zero-order chi connectivity index (χ0) is 13.3. The number of methoxy groups -OCH3 is 1. The quantitative estimate of drug-likeness (QED) is 0.806. The number of Topliss-reactive ketones (excluding diaryl/α,β-unsaturated/α-hetero) is 1. The highest BCUT2D eigenvalue weighted by molar-refractivity contribution is 6.01. The van der Waals surface area contributed by atoms with Crippen LogP contribution in [0.2, 0.25) is 0 Å². The van der Waals surface area contributed by atoms with E-state index in [0.29, 0.717) is 16.8 Å². The number of amides is 1. The summed E-state index contributed by atoms with van der Waals surface area (Å²) in [5.41, 5.74) is 1.21. The summed E-state index contributed by atoms with van der Waals surface area (Å²) >= 11 is 0. The number of nitrogens with one attached hydrogen (secondary N) is 1. The Labute approximate surface area is 102 Å². The van der Waals surface area contributed by atoms with Crippen LogP contribution < -0.4 is 10.1 Å². The monoisotopic (exact) mass is 249 g/mol. The highest BCUT2D eigenvalue weighted by Gasteiger charge is 2.13. The molecule has 0 spiro atoms. The number of carbonyl (C=O) groups is 2. The van der Waals surface area contributed by atoms with Crippen LogP contribution in [0.5, 0.6) is 5.75 Å². The summed E-state index contributed by atoms with van der Waals surface area (Å²) in [5.74, 6) is 0.180. The number of hydrogen-bond acceptors (Lipinski definition) is 4. The molecule has 0 aliphatic rings. The number of fused-ring (bicyclic) bond motifs is 1. The van der Waals surface area contributed by atoms with Crippen molar-refractivity contribution in [2.24, 2.45) is 0 Å². The van der Waals surface area contributed by atoms with Gasteiger partial charge in [-0.3, -0.25) is 10.1 Å². The lowest BCUT2D eigenvalue weighted by Gasteiger charge is -2.08. The first-order chi connectivity index (χ1) is 8.52. The Hall–Kier alpha value is -2.57. The zero-order valence-corrected chi connectivity index (χ0v) is 9.80. The normalized spacial score (nSPS) is 10.3. The number of ketones is 1. The fourth-order valence-corrected chi connectivity index (χ4v) is 1.65. The lowest BCUT2D eigenvalue weighted by molar-refractivity contribution is 0.101. The van der Waals surface area contributed by atoms with Gasteiger partial charge in [0.1, 0.15) is 0 Å². The molecule has 7 heteroatoms.